The molecule has 3 aromatic rings. The molecule has 1 aliphatic rings. The van der Waals surface area contributed by atoms with Gasteiger partial charge in [-0.1, -0.05) is 49.7 Å². The van der Waals surface area contributed by atoms with Gasteiger partial charge in [0, 0.05) is 10.6 Å². The minimum absolute atomic E-state index is 0.0878. The van der Waals surface area contributed by atoms with Crippen molar-refractivity contribution < 1.29 is 9.80 Å². The minimum atomic E-state index is -0.0878. The van der Waals surface area contributed by atoms with Crippen LogP contribution >= 0.6 is 11.6 Å². The Morgan fingerprint density at radius 2 is 1.66 bits per heavy atom. The Morgan fingerprint density at radius 3 is 2.31 bits per heavy atom. The lowest BCUT2D eigenvalue weighted by Crippen LogP contribution is -3.27. The molecule has 0 aliphatic carbocycles. The van der Waals surface area contributed by atoms with E-state index in [-0.39, 0.29) is 5.56 Å². The van der Waals surface area contributed by atoms with Crippen molar-refractivity contribution in [3.8, 4) is 0 Å². The van der Waals surface area contributed by atoms with Crippen LogP contribution in [0.1, 0.15) is 36.7 Å². The maximum absolute atomic E-state index is 12.3. The number of benzene rings is 2. The summed E-state index contributed by atoms with van der Waals surface area (Å²) < 4.78 is 0. The topological polar surface area (TPSA) is 54.6 Å². The Hall–Kier alpha value is -2.21. The van der Waals surface area contributed by atoms with Gasteiger partial charge in [0.1, 0.15) is 39.3 Å². The zero-order valence-corrected chi connectivity index (χ0v) is 17.9. The number of nitrogens with one attached hydrogen (secondary N) is 3. The van der Waals surface area contributed by atoms with Gasteiger partial charge in [-0.3, -0.25) is 4.79 Å². The molecule has 0 atom stereocenters. The smallest absolute Gasteiger partial charge is 0.258 e. The van der Waals surface area contributed by atoms with Gasteiger partial charge in [0.2, 0.25) is 0 Å². The number of halogens is 1. The first kappa shape index (κ1) is 20.1. The van der Waals surface area contributed by atoms with Crippen LogP contribution in [0.3, 0.4) is 0 Å². The Labute approximate surface area is 176 Å². The second-order valence-electron chi connectivity index (χ2n) is 8.42. The average molecular weight is 413 g/mol. The molecule has 0 amide bonds. The molecule has 29 heavy (non-hydrogen) atoms. The first-order valence-electron chi connectivity index (χ1n) is 10.4. The summed E-state index contributed by atoms with van der Waals surface area (Å²) >= 11 is 6.06. The number of quaternary nitrogens is 2. The van der Waals surface area contributed by atoms with E-state index in [9.17, 15) is 4.79 Å². The fourth-order valence-electron chi connectivity index (χ4n) is 4.10. The number of hydrogen-bond acceptors (Lipinski definition) is 2. The molecule has 152 valence electrons. The van der Waals surface area contributed by atoms with Crippen molar-refractivity contribution in [3.63, 3.8) is 0 Å². The van der Waals surface area contributed by atoms with Crippen molar-refractivity contribution >= 4 is 22.5 Å². The quantitative estimate of drug-likeness (QED) is 0.589. The van der Waals surface area contributed by atoms with Gasteiger partial charge < -0.3 is 14.8 Å². The van der Waals surface area contributed by atoms with Gasteiger partial charge in [-0.2, -0.15) is 0 Å². The van der Waals surface area contributed by atoms with Crippen molar-refractivity contribution in [2.75, 3.05) is 26.2 Å². The highest BCUT2D eigenvalue weighted by Gasteiger charge is 2.24. The Kier molecular flexibility index (Phi) is 5.99. The Balaban J connectivity index is 1.35. The fraction of sp³-hybridized carbons (Fsp3) is 0.391. The molecule has 0 bridgehead atoms. The van der Waals surface area contributed by atoms with Gasteiger partial charge in [-0.25, -0.2) is 4.98 Å². The van der Waals surface area contributed by atoms with E-state index < -0.39 is 0 Å². The highest BCUT2D eigenvalue weighted by atomic mass is 35.5. The van der Waals surface area contributed by atoms with E-state index in [0.29, 0.717) is 21.8 Å². The normalized spacial score (nSPS) is 19.7. The van der Waals surface area contributed by atoms with Gasteiger partial charge in [0.15, 0.2) is 5.82 Å². The Morgan fingerprint density at radius 1 is 1.00 bits per heavy atom. The van der Waals surface area contributed by atoms with Crippen molar-refractivity contribution in [3.05, 3.63) is 74.8 Å². The molecule has 1 aromatic heterocycles. The summed E-state index contributed by atoms with van der Waals surface area (Å²) in [4.78, 5) is 23.0. The van der Waals surface area contributed by atoms with Crippen molar-refractivity contribution in [1.29, 1.82) is 0 Å². The molecule has 1 fully saturated rings. The monoisotopic (exact) mass is 412 g/mol. The zero-order valence-electron chi connectivity index (χ0n) is 17.1. The van der Waals surface area contributed by atoms with E-state index in [1.165, 1.54) is 16.0 Å². The van der Waals surface area contributed by atoms with Gasteiger partial charge in [-0.05, 0) is 29.7 Å². The highest BCUT2D eigenvalue weighted by Crippen LogP contribution is 2.15. The number of hydrogen-bond donors (Lipinski definition) is 3. The van der Waals surface area contributed by atoms with Crippen LogP contribution < -0.4 is 15.4 Å². The number of H-pyrrole nitrogens is 1. The SMILES string of the molecule is CC(C)c1ccc(C[NH+]2CC[NH+](Cc3nc4cc(Cl)ccc4c(=O)[nH]3)CC2)cc1. The number of piperazine rings is 1. The van der Waals surface area contributed by atoms with E-state index in [1.807, 2.05) is 0 Å². The van der Waals surface area contributed by atoms with Crippen LogP contribution in [-0.4, -0.2) is 36.1 Å². The molecule has 0 spiro atoms. The first-order chi connectivity index (χ1) is 14.0. The highest BCUT2D eigenvalue weighted by molar-refractivity contribution is 6.31. The molecule has 5 nitrogen and oxygen atoms in total. The molecule has 4 rings (SSSR count). The standard InChI is InChI=1S/C23H27ClN4O/c1-16(2)18-5-3-17(4-6-18)14-27-9-11-28(12-10-27)15-22-25-21-13-19(24)7-8-20(21)23(29)26-22/h3-8,13,16H,9-12,14-15H2,1-2H3,(H,25,26,29)/p+2. The predicted molar refractivity (Wildman–Crippen MR) is 117 cm³/mol. The molecule has 1 saturated heterocycles. The summed E-state index contributed by atoms with van der Waals surface area (Å²) in [7, 11) is 0. The molecule has 0 unspecified atom stereocenters. The number of nitrogens with zero attached hydrogens (tertiary/aromatic N) is 1. The minimum Gasteiger partial charge on any atom is -0.322 e. The fourth-order valence-corrected chi connectivity index (χ4v) is 4.27. The summed E-state index contributed by atoms with van der Waals surface area (Å²) in [6.45, 7) is 10.7. The molecule has 3 N–H and O–H groups in total. The van der Waals surface area contributed by atoms with E-state index in [4.69, 9.17) is 11.6 Å². The van der Waals surface area contributed by atoms with Crippen LogP contribution in [0.15, 0.2) is 47.3 Å². The van der Waals surface area contributed by atoms with Crippen molar-refractivity contribution in [2.24, 2.45) is 0 Å². The molecule has 1 aliphatic heterocycles. The van der Waals surface area contributed by atoms with Crippen molar-refractivity contribution in [2.45, 2.75) is 32.9 Å². The molecular formula is C23H29ClN4O+2. The molecular weight excluding hydrogens is 384 g/mol. The summed E-state index contributed by atoms with van der Waals surface area (Å²) in [5, 5.41) is 1.19. The van der Waals surface area contributed by atoms with E-state index in [0.717, 1.165) is 45.1 Å². The second kappa shape index (κ2) is 8.66. The molecule has 2 aromatic carbocycles. The van der Waals surface area contributed by atoms with Gasteiger partial charge >= 0.3 is 0 Å². The van der Waals surface area contributed by atoms with E-state index in [1.54, 1.807) is 23.1 Å². The number of aromatic amines is 1. The number of aromatic nitrogens is 2. The van der Waals surface area contributed by atoms with Crippen LogP contribution in [0.25, 0.3) is 10.9 Å². The Bertz CT molecular complexity index is 1040. The summed E-state index contributed by atoms with van der Waals surface area (Å²) in [5.74, 6) is 1.32. The van der Waals surface area contributed by atoms with E-state index in [2.05, 4.69) is 48.1 Å². The summed E-state index contributed by atoms with van der Waals surface area (Å²) in [6, 6.07) is 14.3. The van der Waals surface area contributed by atoms with E-state index >= 15 is 0 Å². The van der Waals surface area contributed by atoms with Crippen LogP contribution in [0.2, 0.25) is 5.02 Å². The predicted octanol–water partition coefficient (Wildman–Crippen LogP) is 1.18. The largest absolute Gasteiger partial charge is 0.322 e. The number of rotatable bonds is 5. The van der Waals surface area contributed by atoms with Crippen LogP contribution in [0, 0.1) is 0 Å². The molecule has 6 heteroatoms. The second-order valence-corrected chi connectivity index (χ2v) is 8.86. The summed E-state index contributed by atoms with van der Waals surface area (Å²) in [5.41, 5.74) is 3.39. The molecule has 2 heterocycles. The van der Waals surface area contributed by atoms with Gasteiger partial charge in [0.05, 0.1) is 10.9 Å². The zero-order chi connectivity index (χ0) is 20.4. The summed E-state index contributed by atoms with van der Waals surface area (Å²) in [6.07, 6.45) is 0. The maximum Gasteiger partial charge on any atom is 0.258 e. The number of fused-ring (bicyclic) bond motifs is 1. The molecule has 0 saturated carbocycles. The van der Waals surface area contributed by atoms with Gasteiger partial charge in [0.25, 0.3) is 5.56 Å². The van der Waals surface area contributed by atoms with Crippen LogP contribution in [0.4, 0.5) is 0 Å². The van der Waals surface area contributed by atoms with Gasteiger partial charge in [-0.15, -0.1) is 0 Å². The molecule has 0 radical (unpaired) electrons. The van der Waals surface area contributed by atoms with Crippen LogP contribution in [0.5, 0.6) is 0 Å². The average Bonchev–Trinajstić information content (AvgIpc) is 2.69. The lowest BCUT2D eigenvalue weighted by atomic mass is 10.0. The lowest BCUT2D eigenvalue weighted by molar-refractivity contribution is -1.02. The van der Waals surface area contributed by atoms with Crippen LogP contribution in [-0.2, 0) is 13.1 Å². The third-order valence-corrected chi connectivity index (χ3v) is 6.13. The van der Waals surface area contributed by atoms with Crippen molar-refractivity contribution in [1.82, 2.24) is 9.97 Å². The lowest BCUT2D eigenvalue weighted by Gasteiger charge is -2.29. The first-order valence-corrected chi connectivity index (χ1v) is 10.8. The maximum atomic E-state index is 12.3. The third-order valence-electron chi connectivity index (χ3n) is 5.90. The third kappa shape index (κ3) is 4.86.